The first-order valence-electron chi connectivity index (χ1n) is 13.3. The van der Waals surface area contributed by atoms with Gasteiger partial charge in [-0.3, -0.25) is 4.79 Å². The number of benzene rings is 2. The van der Waals surface area contributed by atoms with Crippen molar-refractivity contribution < 1.29 is 18.3 Å². The summed E-state index contributed by atoms with van der Waals surface area (Å²) in [7, 11) is 0. The molecule has 0 unspecified atom stereocenters. The van der Waals surface area contributed by atoms with Crippen LogP contribution < -0.4 is 15.0 Å². The number of carbonyl (C=O) groups excluding carboxylic acids is 1. The molecule has 2 aromatic carbocycles. The number of halogens is 2. The Kier molecular flexibility index (Phi) is 5.12. The molecule has 2 atom stereocenters. The molecule has 206 valence electrons. The van der Waals surface area contributed by atoms with Gasteiger partial charge in [0.2, 0.25) is 11.9 Å². The Hall–Kier alpha value is -4.94. The number of nitrogens with one attached hydrogen (secondary N) is 1. The van der Waals surface area contributed by atoms with Crippen LogP contribution in [0.2, 0.25) is 0 Å². The van der Waals surface area contributed by atoms with E-state index in [1.165, 1.54) is 0 Å². The summed E-state index contributed by atoms with van der Waals surface area (Å²) in [4.78, 5) is 27.7. The monoisotopic (exact) mass is 555 g/mol. The molecule has 2 bridgehead atoms. The molecule has 1 amide bonds. The van der Waals surface area contributed by atoms with Gasteiger partial charge in [0.1, 0.15) is 17.4 Å². The molecule has 3 aliphatic heterocycles. The zero-order valence-electron chi connectivity index (χ0n) is 21.8. The molecule has 1 saturated heterocycles. The summed E-state index contributed by atoms with van der Waals surface area (Å²) in [6.45, 7) is 0.350. The summed E-state index contributed by atoms with van der Waals surface area (Å²) in [6, 6.07) is 10.6. The normalized spacial score (nSPS) is 19.1. The lowest BCUT2D eigenvalue weighted by atomic mass is 9.97. The minimum atomic E-state index is -2.96. The second-order valence-electron chi connectivity index (χ2n) is 10.4. The maximum absolute atomic E-state index is 13.5. The fourth-order valence-electron chi connectivity index (χ4n) is 6.39. The average Bonchev–Trinajstić information content (AvgIpc) is 3.61. The minimum Gasteiger partial charge on any atom is -0.434 e. The Morgan fingerprint density at radius 1 is 1.05 bits per heavy atom. The van der Waals surface area contributed by atoms with Gasteiger partial charge in [-0.05, 0) is 30.7 Å². The van der Waals surface area contributed by atoms with E-state index in [1.807, 2.05) is 40.7 Å². The Bertz CT molecular complexity index is 1850. The fourth-order valence-corrected chi connectivity index (χ4v) is 6.39. The Morgan fingerprint density at radius 2 is 1.90 bits per heavy atom. The molecule has 41 heavy (non-hydrogen) atoms. The van der Waals surface area contributed by atoms with Crippen LogP contribution in [0, 0.1) is 6.92 Å². The number of aryl methyl sites for hydroxylation is 1. The highest BCUT2D eigenvalue weighted by atomic mass is 19.3. The summed E-state index contributed by atoms with van der Waals surface area (Å²) in [5.74, 6) is 2.73. The van der Waals surface area contributed by atoms with Crippen molar-refractivity contribution >= 4 is 22.9 Å². The van der Waals surface area contributed by atoms with Gasteiger partial charge in [-0.1, -0.05) is 18.2 Å². The number of rotatable bonds is 4. The third kappa shape index (κ3) is 3.61. The summed E-state index contributed by atoms with van der Waals surface area (Å²) in [5.41, 5.74) is 4.72. The number of hydrogen-bond donors (Lipinski definition) is 1. The predicted octanol–water partition coefficient (Wildman–Crippen LogP) is 3.49. The molecule has 1 N–H and O–H groups in total. The van der Waals surface area contributed by atoms with E-state index in [9.17, 15) is 13.6 Å². The summed E-state index contributed by atoms with van der Waals surface area (Å²) in [5, 5.41) is 11.5. The van der Waals surface area contributed by atoms with Crippen LogP contribution in [0.3, 0.4) is 0 Å². The van der Waals surface area contributed by atoms with Gasteiger partial charge in [0, 0.05) is 48.6 Å². The zero-order valence-corrected chi connectivity index (χ0v) is 21.8. The van der Waals surface area contributed by atoms with Crippen LogP contribution in [0.1, 0.15) is 35.7 Å². The van der Waals surface area contributed by atoms with Gasteiger partial charge in [0.15, 0.2) is 5.82 Å². The minimum absolute atomic E-state index is 0.0533. The lowest BCUT2D eigenvalue weighted by Gasteiger charge is -2.26. The maximum atomic E-state index is 13.5. The molecular weight excluding hydrogens is 532 g/mol. The zero-order chi connectivity index (χ0) is 27.8. The number of fused-ring (bicyclic) bond motifs is 6. The van der Waals surface area contributed by atoms with E-state index in [4.69, 9.17) is 9.72 Å². The van der Waals surface area contributed by atoms with Crippen molar-refractivity contribution in [1.29, 1.82) is 0 Å². The van der Waals surface area contributed by atoms with E-state index in [1.54, 1.807) is 24.5 Å². The number of carbonyl (C=O) groups is 1. The van der Waals surface area contributed by atoms with Crippen molar-refractivity contribution in [2.24, 2.45) is 0 Å². The van der Waals surface area contributed by atoms with Gasteiger partial charge in [-0.25, -0.2) is 15.0 Å². The Labute approximate surface area is 231 Å². The molecule has 0 spiro atoms. The highest BCUT2D eigenvalue weighted by molar-refractivity contribution is 5.84. The predicted molar refractivity (Wildman–Crippen MR) is 144 cm³/mol. The van der Waals surface area contributed by atoms with Gasteiger partial charge in [-0.2, -0.15) is 8.78 Å². The van der Waals surface area contributed by atoms with Crippen molar-refractivity contribution in [2.45, 2.75) is 32.0 Å². The van der Waals surface area contributed by atoms with Crippen molar-refractivity contribution in [1.82, 2.24) is 39.6 Å². The lowest BCUT2D eigenvalue weighted by Crippen LogP contribution is -2.48. The molecule has 5 aromatic rings. The number of anilines is 1. The van der Waals surface area contributed by atoms with Gasteiger partial charge >= 0.3 is 6.61 Å². The third-order valence-corrected chi connectivity index (χ3v) is 8.10. The molecule has 13 heteroatoms. The van der Waals surface area contributed by atoms with Crippen LogP contribution >= 0.6 is 0 Å². The maximum Gasteiger partial charge on any atom is 0.387 e. The van der Waals surface area contributed by atoms with Gasteiger partial charge in [0.05, 0.1) is 29.7 Å². The fraction of sp³-hybridized carbons (Fsp3) is 0.286. The molecule has 1 fully saturated rings. The standard InChI is InChI=1S/C28H23F2N9O2/c1-14-35-36-25-17-3-2-4-22(41-27(29)30)24(17)20-10-21(38(14)25)26-34-18-6-5-15(9-19(18)39(20)26)16-11-32-28(33-12-16)37-8-7-31-23(40)13-37/h2-6,9,11-12,20-21,27H,7-8,10,13H2,1H3,(H,31,40)/t20-,21-/m1/s1. The number of hydrogen-bond acceptors (Lipinski definition) is 8. The van der Waals surface area contributed by atoms with Crippen molar-refractivity contribution in [3.05, 3.63) is 66.0 Å². The second-order valence-corrected chi connectivity index (χ2v) is 10.4. The number of ether oxygens (including phenoxy) is 1. The molecule has 0 aliphatic carbocycles. The Morgan fingerprint density at radius 3 is 2.71 bits per heavy atom. The van der Waals surface area contributed by atoms with Gasteiger partial charge in [-0.15, -0.1) is 10.2 Å². The number of imidazole rings is 1. The summed E-state index contributed by atoms with van der Waals surface area (Å²) >= 11 is 0. The van der Waals surface area contributed by atoms with Crippen molar-refractivity contribution in [3.63, 3.8) is 0 Å². The molecular formula is C28H23F2N9O2. The van der Waals surface area contributed by atoms with Crippen molar-refractivity contribution in [2.75, 3.05) is 24.5 Å². The van der Waals surface area contributed by atoms with E-state index in [2.05, 4.69) is 30.0 Å². The summed E-state index contributed by atoms with van der Waals surface area (Å²) < 4.78 is 36.3. The molecule has 6 heterocycles. The SMILES string of the molecule is Cc1nnc2n1[C@@H]1C[C@H](c3c(OC(F)F)cccc3-2)n2c1nc1ccc(-c3cnc(N4CCNC(=O)C4)nc3)cc12. The Balaban J connectivity index is 1.26. The highest BCUT2D eigenvalue weighted by Crippen LogP contribution is 2.52. The lowest BCUT2D eigenvalue weighted by molar-refractivity contribution is -0.120. The molecule has 8 rings (SSSR count). The van der Waals surface area contributed by atoms with Crippen LogP contribution in [-0.2, 0) is 4.79 Å². The van der Waals surface area contributed by atoms with E-state index in [-0.39, 0.29) is 30.3 Å². The van der Waals surface area contributed by atoms with Gasteiger partial charge in [0.25, 0.3) is 0 Å². The topological polar surface area (TPSA) is 116 Å². The number of aromatic nitrogens is 7. The van der Waals surface area contributed by atoms with E-state index < -0.39 is 6.61 Å². The largest absolute Gasteiger partial charge is 0.434 e. The first-order valence-corrected chi connectivity index (χ1v) is 13.3. The van der Waals surface area contributed by atoms with Crippen LogP contribution in [0.15, 0.2) is 48.8 Å². The third-order valence-electron chi connectivity index (χ3n) is 8.10. The van der Waals surface area contributed by atoms with Crippen molar-refractivity contribution in [3.8, 4) is 28.3 Å². The van der Waals surface area contributed by atoms with E-state index in [0.717, 1.165) is 39.4 Å². The van der Waals surface area contributed by atoms with Crippen LogP contribution in [0.25, 0.3) is 33.5 Å². The molecule has 3 aromatic heterocycles. The van der Waals surface area contributed by atoms with E-state index in [0.29, 0.717) is 36.8 Å². The molecule has 11 nitrogen and oxygen atoms in total. The number of piperazine rings is 1. The first-order chi connectivity index (χ1) is 20.0. The van der Waals surface area contributed by atoms with Gasteiger partial charge < -0.3 is 24.1 Å². The van der Waals surface area contributed by atoms with Crippen LogP contribution in [0.5, 0.6) is 5.75 Å². The number of nitrogens with zero attached hydrogens (tertiary/aromatic N) is 8. The number of amides is 1. The quantitative estimate of drug-likeness (QED) is 0.358. The average molecular weight is 556 g/mol. The second kappa shape index (κ2) is 8.78. The first kappa shape index (κ1) is 23.9. The van der Waals surface area contributed by atoms with Crippen LogP contribution in [-0.4, -0.2) is 66.4 Å². The molecule has 0 radical (unpaired) electrons. The molecule has 0 saturated carbocycles. The smallest absolute Gasteiger partial charge is 0.387 e. The molecule has 3 aliphatic rings. The van der Waals surface area contributed by atoms with Crippen LogP contribution in [0.4, 0.5) is 14.7 Å². The van der Waals surface area contributed by atoms with E-state index >= 15 is 0 Å². The number of alkyl halides is 2. The highest BCUT2D eigenvalue weighted by Gasteiger charge is 2.43. The summed E-state index contributed by atoms with van der Waals surface area (Å²) in [6.07, 6.45) is 4.10.